The van der Waals surface area contributed by atoms with Gasteiger partial charge in [-0.25, -0.2) is 0 Å². The van der Waals surface area contributed by atoms with Crippen LogP contribution in [0.25, 0.3) is 0 Å². The van der Waals surface area contributed by atoms with Crippen LogP contribution in [0.5, 0.6) is 11.5 Å². The van der Waals surface area contributed by atoms with E-state index in [-0.39, 0.29) is 0 Å². The lowest BCUT2D eigenvalue weighted by atomic mass is 9.87. The van der Waals surface area contributed by atoms with E-state index in [9.17, 15) is 14.7 Å². The van der Waals surface area contributed by atoms with Gasteiger partial charge < -0.3 is 19.9 Å². The Labute approximate surface area is 159 Å². The molecule has 1 amide bonds. The van der Waals surface area contributed by atoms with Gasteiger partial charge in [-0.1, -0.05) is 42.8 Å². The van der Waals surface area contributed by atoms with Gasteiger partial charge >= 0.3 is 5.97 Å². The van der Waals surface area contributed by atoms with Gasteiger partial charge in [-0.3, -0.25) is 9.59 Å². The van der Waals surface area contributed by atoms with E-state index in [2.05, 4.69) is 5.32 Å². The van der Waals surface area contributed by atoms with Crippen molar-refractivity contribution in [3.63, 3.8) is 0 Å². The lowest BCUT2D eigenvalue weighted by Crippen LogP contribution is -2.34. The maximum Gasteiger partial charge on any atom is 0.307 e. The van der Waals surface area contributed by atoms with Crippen LogP contribution in [0.1, 0.15) is 18.1 Å². The molecule has 0 aromatic heterocycles. The normalized spacial score (nSPS) is 12.7. The summed E-state index contributed by atoms with van der Waals surface area (Å²) in [5.41, 5.74) is 2.39. The number of aliphatic carboxylic acids is 1. The Hall–Kier alpha value is -3.02. The van der Waals surface area contributed by atoms with E-state index < -0.39 is 23.7 Å². The highest BCUT2D eigenvalue weighted by molar-refractivity contribution is 5.97. The minimum absolute atomic E-state index is 0.317. The van der Waals surface area contributed by atoms with Crippen LogP contribution >= 0.6 is 0 Å². The fourth-order valence-electron chi connectivity index (χ4n) is 2.84. The maximum absolute atomic E-state index is 13.0. The van der Waals surface area contributed by atoms with E-state index in [1.54, 1.807) is 25.1 Å². The van der Waals surface area contributed by atoms with Gasteiger partial charge in [0.15, 0.2) is 0 Å². The summed E-state index contributed by atoms with van der Waals surface area (Å²) >= 11 is 0. The fourth-order valence-corrected chi connectivity index (χ4v) is 2.84. The number of rotatable bonds is 8. The van der Waals surface area contributed by atoms with Gasteiger partial charge in [-0.15, -0.1) is 0 Å². The van der Waals surface area contributed by atoms with Crippen molar-refractivity contribution < 1.29 is 24.2 Å². The maximum atomic E-state index is 13.0. The Morgan fingerprint density at radius 2 is 1.59 bits per heavy atom. The van der Waals surface area contributed by atoms with Crippen LogP contribution in [-0.2, 0) is 16.0 Å². The second-order valence-electron chi connectivity index (χ2n) is 6.45. The first kappa shape index (κ1) is 20.3. The predicted molar refractivity (Wildman–Crippen MR) is 103 cm³/mol. The molecule has 27 heavy (non-hydrogen) atoms. The summed E-state index contributed by atoms with van der Waals surface area (Å²) in [7, 11) is 2.99. The summed E-state index contributed by atoms with van der Waals surface area (Å²) < 4.78 is 10.6. The number of carbonyl (C=O) groups is 2. The van der Waals surface area contributed by atoms with Gasteiger partial charge in [0.2, 0.25) is 5.91 Å². The second kappa shape index (κ2) is 9.07. The zero-order valence-electron chi connectivity index (χ0n) is 16.0. The molecule has 6 heteroatoms. The number of carbonyl (C=O) groups excluding carboxylic acids is 1. The van der Waals surface area contributed by atoms with E-state index in [1.165, 1.54) is 14.2 Å². The predicted octanol–water partition coefficient (Wildman–Crippen LogP) is 3.53. The number of amides is 1. The van der Waals surface area contributed by atoms with Crippen molar-refractivity contribution in [1.82, 2.24) is 0 Å². The first-order valence-corrected chi connectivity index (χ1v) is 8.67. The quantitative estimate of drug-likeness (QED) is 0.741. The summed E-state index contributed by atoms with van der Waals surface area (Å²) in [6.07, 6.45) is 0.317. The molecule has 0 fully saturated rings. The van der Waals surface area contributed by atoms with E-state index in [0.29, 0.717) is 23.6 Å². The molecule has 2 atom stereocenters. The number of nitrogens with one attached hydrogen (secondary N) is 1. The minimum atomic E-state index is -1.02. The highest BCUT2D eigenvalue weighted by Crippen LogP contribution is 2.35. The van der Waals surface area contributed by atoms with E-state index in [4.69, 9.17) is 9.47 Å². The first-order chi connectivity index (χ1) is 12.9. The zero-order chi connectivity index (χ0) is 20.0. The molecule has 0 saturated heterocycles. The van der Waals surface area contributed by atoms with Crippen LogP contribution in [0.4, 0.5) is 5.69 Å². The molecule has 2 aromatic carbocycles. The molecule has 0 spiro atoms. The molecular weight excluding hydrogens is 346 g/mol. The molecule has 2 unspecified atom stereocenters. The minimum Gasteiger partial charge on any atom is -0.494 e. The molecule has 2 rings (SSSR count). The summed E-state index contributed by atoms with van der Waals surface area (Å²) in [4.78, 5) is 24.5. The second-order valence-corrected chi connectivity index (χ2v) is 6.45. The average molecular weight is 371 g/mol. The molecule has 6 nitrogen and oxygen atoms in total. The molecule has 0 aliphatic rings. The number of hydrogen-bond acceptors (Lipinski definition) is 4. The third-order valence-corrected chi connectivity index (χ3v) is 4.58. The van der Waals surface area contributed by atoms with E-state index >= 15 is 0 Å². The largest absolute Gasteiger partial charge is 0.494 e. The van der Waals surface area contributed by atoms with Crippen molar-refractivity contribution in [2.45, 2.75) is 20.3 Å². The number of ether oxygens (including phenoxy) is 2. The Morgan fingerprint density at radius 3 is 2.07 bits per heavy atom. The molecule has 2 aromatic rings. The lowest BCUT2D eigenvalue weighted by Gasteiger charge is -2.22. The summed E-state index contributed by atoms with van der Waals surface area (Å²) in [5, 5.41) is 12.3. The molecule has 2 N–H and O–H groups in total. The summed E-state index contributed by atoms with van der Waals surface area (Å²) in [6.45, 7) is 3.52. The Balaban J connectivity index is 2.31. The van der Waals surface area contributed by atoms with Crippen LogP contribution < -0.4 is 14.8 Å². The Bertz CT molecular complexity index is 778. The van der Waals surface area contributed by atoms with Gasteiger partial charge in [-0.2, -0.15) is 0 Å². The van der Waals surface area contributed by atoms with Crippen LogP contribution in [0.15, 0.2) is 42.5 Å². The summed E-state index contributed by atoms with van der Waals surface area (Å²) in [6, 6.07) is 12.9. The van der Waals surface area contributed by atoms with E-state index in [0.717, 1.165) is 11.1 Å². The Morgan fingerprint density at radius 1 is 1.04 bits per heavy atom. The first-order valence-electron chi connectivity index (χ1n) is 8.67. The topological polar surface area (TPSA) is 84.9 Å². The zero-order valence-corrected chi connectivity index (χ0v) is 16.0. The molecule has 0 aliphatic carbocycles. The van der Waals surface area contributed by atoms with Crippen LogP contribution in [0.2, 0.25) is 0 Å². The van der Waals surface area contributed by atoms with Crippen LogP contribution in [0, 0.1) is 18.8 Å². The van der Waals surface area contributed by atoms with Gasteiger partial charge in [0.05, 0.1) is 26.1 Å². The van der Waals surface area contributed by atoms with Gasteiger partial charge in [0.25, 0.3) is 0 Å². The third-order valence-electron chi connectivity index (χ3n) is 4.58. The van der Waals surface area contributed by atoms with Crippen molar-refractivity contribution in [1.29, 1.82) is 0 Å². The highest BCUT2D eigenvalue weighted by Gasteiger charge is 2.31. The number of carboxylic acids is 1. The van der Waals surface area contributed by atoms with Crippen LogP contribution in [-0.4, -0.2) is 31.2 Å². The average Bonchev–Trinajstić information content (AvgIpc) is 2.66. The number of anilines is 1. The highest BCUT2D eigenvalue weighted by atomic mass is 16.5. The standard InChI is InChI=1S/C21H25NO5/c1-13-8-10-15(11-9-13)12-16(14(2)21(24)25)20(23)22-19-17(26-3)6-5-7-18(19)27-4/h5-11,14,16H,12H2,1-4H3,(H,22,23)(H,24,25). The van der Waals surface area contributed by atoms with Crippen molar-refractivity contribution in [3.05, 3.63) is 53.6 Å². The van der Waals surface area contributed by atoms with Crippen molar-refractivity contribution in [2.75, 3.05) is 19.5 Å². The van der Waals surface area contributed by atoms with Crippen molar-refractivity contribution in [3.8, 4) is 11.5 Å². The molecule has 0 aliphatic heterocycles. The number of para-hydroxylation sites is 1. The fraction of sp³-hybridized carbons (Fsp3) is 0.333. The Kier molecular flexibility index (Phi) is 6.82. The third kappa shape index (κ3) is 5.00. The molecule has 0 radical (unpaired) electrons. The number of methoxy groups -OCH3 is 2. The number of hydrogen-bond donors (Lipinski definition) is 2. The van der Waals surface area contributed by atoms with Gasteiger partial charge in [0, 0.05) is 0 Å². The molecule has 0 bridgehead atoms. The number of carboxylic acid groups (broad SMARTS) is 1. The smallest absolute Gasteiger partial charge is 0.307 e. The molecule has 0 heterocycles. The van der Waals surface area contributed by atoms with Crippen molar-refractivity contribution in [2.24, 2.45) is 11.8 Å². The van der Waals surface area contributed by atoms with Gasteiger partial charge in [0.1, 0.15) is 17.2 Å². The monoisotopic (exact) mass is 371 g/mol. The number of aryl methyl sites for hydroxylation is 1. The van der Waals surface area contributed by atoms with Crippen LogP contribution in [0.3, 0.4) is 0 Å². The molecular formula is C21H25NO5. The van der Waals surface area contributed by atoms with Crippen molar-refractivity contribution >= 4 is 17.6 Å². The lowest BCUT2D eigenvalue weighted by molar-refractivity contribution is -0.145. The van der Waals surface area contributed by atoms with Gasteiger partial charge in [-0.05, 0) is 31.0 Å². The van der Waals surface area contributed by atoms with E-state index in [1.807, 2.05) is 31.2 Å². The SMILES string of the molecule is COc1cccc(OC)c1NC(=O)C(Cc1ccc(C)cc1)C(C)C(=O)O. The molecule has 144 valence electrons. The summed E-state index contributed by atoms with van der Waals surface area (Å²) in [5.74, 6) is -2.13. The number of benzene rings is 2. The molecule has 0 saturated carbocycles.